The molecule has 12 heteroatoms. The summed E-state index contributed by atoms with van der Waals surface area (Å²) in [5.41, 5.74) is 1.70. The number of nitrogens with one attached hydrogen (secondary N) is 1. The summed E-state index contributed by atoms with van der Waals surface area (Å²) in [6.45, 7) is 3.08. The summed E-state index contributed by atoms with van der Waals surface area (Å²) in [5.74, 6) is -0.0779. The lowest BCUT2D eigenvalue weighted by molar-refractivity contribution is -0.138. The number of aromatic nitrogens is 2. The Balaban J connectivity index is 1.28. The third kappa shape index (κ3) is 5.17. The highest BCUT2D eigenvalue weighted by atomic mass is 35.5. The van der Waals surface area contributed by atoms with Gasteiger partial charge in [-0.05, 0) is 54.8 Å². The van der Waals surface area contributed by atoms with Crippen LogP contribution in [0.2, 0.25) is 5.02 Å². The van der Waals surface area contributed by atoms with Gasteiger partial charge < -0.3 is 19.5 Å². The Bertz CT molecular complexity index is 1510. The molecule has 1 fully saturated rings. The molecule has 0 bridgehead atoms. The van der Waals surface area contributed by atoms with Crippen molar-refractivity contribution in [3.05, 3.63) is 71.3 Å². The standard InChI is InChI=1S/C25H26ClN5O4S2/c1-17(30-10-8-18-2-3-19(26)14-23(18)30)24(33)31-12-11-29(15-21(31)16-32)20-4-6-22(7-5-20)37(34,35)28-25-27-9-13-36-25/h2-10,13-14,17,21,32H,11-12,15-16H2,1H3,(H,27,28)/t17-,21+/m1/s1. The van der Waals surface area contributed by atoms with Crippen LogP contribution in [-0.4, -0.2) is 66.2 Å². The molecule has 9 nitrogen and oxygen atoms in total. The second-order valence-electron chi connectivity index (χ2n) is 8.85. The highest BCUT2D eigenvalue weighted by molar-refractivity contribution is 7.93. The summed E-state index contributed by atoms with van der Waals surface area (Å²) >= 11 is 7.38. The molecule has 0 spiro atoms. The summed E-state index contributed by atoms with van der Waals surface area (Å²) < 4.78 is 29.6. The number of piperazine rings is 1. The van der Waals surface area contributed by atoms with Crippen molar-refractivity contribution in [2.45, 2.75) is 23.9 Å². The first-order valence-corrected chi connectivity index (χ1v) is 14.5. The Morgan fingerprint density at radius 3 is 2.70 bits per heavy atom. The van der Waals surface area contributed by atoms with Crippen molar-refractivity contribution in [2.75, 3.05) is 35.9 Å². The SMILES string of the molecule is C[C@H](C(=O)N1CCN(c2ccc(S(=O)(=O)Nc3nccs3)cc2)C[C@H]1CO)n1ccc2ccc(Cl)cc21. The van der Waals surface area contributed by atoms with Gasteiger partial charge in [0.2, 0.25) is 5.91 Å². The van der Waals surface area contributed by atoms with E-state index in [9.17, 15) is 18.3 Å². The van der Waals surface area contributed by atoms with Crippen LogP contribution in [-0.2, 0) is 14.8 Å². The molecule has 0 saturated carbocycles. The number of aliphatic hydroxyl groups excluding tert-OH is 1. The van der Waals surface area contributed by atoms with Crippen molar-refractivity contribution < 1.29 is 18.3 Å². The van der Waals surface area contributed by atoms with Gasteiger partial charge in [0.25, 0.3) is 10.0 Å². The number of amides is 1. The zero-order valence-electron chi connectivity index (χ0n) is 20.0. The van der Waals surface area contributed by atoms with Crippen LogP contribution in [0.5, 0.6) is 0 Å². The topological polar surface area (TPSA) is 108 Å². The maximum Gasteiger partial charge on any atom is 0.263 e. The van der Waals surface area contributed by atoms with E-state index in [1.165, 1.54) is 17.5 Å². The fraction of sp³-hybridized carbons (Fsp3) is 0.280. The molecule has 2 atom stereocenters. The first-order valence-electron chi connectivity index (χ1n) is 11.7. The number of anilines is 2. The van der Waals surface area contributed by atoms with E-state index in [1.54, 1.807) is 34.5 Å². The molecular formula is C25H26ClN5O4S2. The lowest BCUT2D eigenvalue weighted by atomic mass is 10.1. The van der Waals surface area contributed by atoms with Crippen LogP contribution in [0.3, 0.4) is 0 Å². The zero-order chi connectivity index (χ0) is 26.2. The van der Waals surface area contributed by atoms with Crippen molar-refractivity contribution in [3.63, 3.8) is 0 Å². The molecule has 4 aromatic rings. The number of halogens is 1. The highest BCUT2D eigenvalue weighted by Gasteiger charge is 2.33. The van der Waals surface area contributed by atoms with E-state index in [0.29, 0.717) is 29.8 Å². The van der Waals surface area contributed by atoms with Crippen molar-refractivity contribution in [2.24, 2.45) is 0 Å². The summed E-state index contributed by atoms with van der Waals surface area (Å²) in [6, 6.07) is 13.2. The monoisotopic (exact) mass is 559 g/mol. The third-order valence-electron chi connectivity index (χ3n) is 6.60. The second-order valence-corrected chi connectivity index (χ2v) is 11.9. The molecule has 1 amide bonds. The van der Waals surface area contributed by atoms with Crippen molar-refractivity contribution in [1.29, 1.82) is 0 Å². The van der Waals surface area contributed by atoms with E-state index in [4.69, 9.17) is 11.6 Å². The number of carbonyl (C=O) groups excluding carboxylic acids is 1. The first-order chi connectivity index (χ1) is 17.8. The van der Waals surface area contributed by atoms with E-state index < -0.39 is 22.1 Å². The van der Waals surface area contributed by atoms with E-state index >= 15 is 0 Å². The molecule has 0 radical (unpaired) electrons. The van der Waals surface area contributed by atoms with Crippen LogP contribution < -0.4 is 9.62 Å². The summed E-state index contributed by atoms with van der Waals surface area (Å²) in [7, 11) is -3.74. The average Bonchev–Trinajstić information content (AvgIpc) is 3.57. The number of hydrogen-bond donors (Lipinski definition) is 2. The number of hydrogen-bond acceptors (Lipinski definition) is 7. The van der Waals surface area contributed by atoms with Gasteiger partial charge in [0.1, 0.15) is 6.04 Å². The Morgan fingerprint density at radius 1 is 1.22 bits per heavy atom. The largest absolute Gasteiger partial charge is 0.394 e. The van der Waals surface area contributed by atoms with E-state index in [1.807, 2.05) is 46.9 Å². The maximum absolute atomic E-state index is 13.5. The number of aliphatic hydroxyl groups is 1. The summed E-state index contributed by atoms with van der Waals surface area (Å²) in [5, 5.41) is 13.7. The molecule has 0 aliphatic carbocycles. The van der Waals surface area contributed by atoms with Crippen LogP contribution in [0.25, 0.3) is 10.9 Å². The molecule has 5 rings (SSSR count). The number of carbonyl (C=O) groups is 1. The number of rotatable bonds is 7. The molecule has 2 aromatic carbocycles. The van der Waals surface area contributed by atoms with Crippen molar-refractivity contribution in [3.8, 4) is 0 Å². The molecular weight excluding hydrogens is 534 g/mol. The highest BCUT2D eigenvalue weighted by Crippen LogP contribution is 2.27. The van der Waals surface area contributed by atoms with Gasteiger partial charge >= 0.3 is 0 Å². The van der Waals surface area contributed by atoms with Gasteiger partial charge in [-0.15, -0.1) is 11.3 Å². The number of sulfonamides is 1. The Hall–Kier alpha value is -3.12. The van der Waals surface area contributed by atoms with Gasteiger partial charge in [0.05, 0.1) is 23.1 Å². The van der Waals surface area contributed by atoms with Crippen LogP contribution in [0.1, 0.15) is 13.0 Å². The molecule has 1 saturated heterocycles. The van der Waals surface area contributed by atoms with E-state index in [2.05, 4.69) is 9.71 Å². The molecule has 3 heterocycles. The number of nitrogens with zero attached hydrogens (tertiary/aromatic N) is 4. The number of benzene rings is 2. The minimum Gasteiger partial charge on any atom is -0.394 e. The van der Waals surface area contributed by atoms with Crippen molar-refractivity contribution >= 4 is 60.6 Å². The second kappa shape index (κ2) is 10.3. The van der Waals surface area contributed by atoms with Crippen LogP contribution >= 0.6 is 22.9 Å². The minimum atomic E-state index is -3.74. The predicted molar refractivity (Wildman–Crippen MR) is 146 cm³/mol. The van der Waals surface area contributed by atoms with Crippen LogP contribution in [0.4, 0.5) is 10.8 Å². The van der Waals surface area contributed by atoms with Gasteiger partial charge in [-0.3, -0.25) is 9.52 Å². The maximum atomic E-state index is 13.5. The molecule has 1 aliphatic heterocycles. The van der Waals surface area contributed by atoms with E-state index in [0.717, 1.165) is 16.6 Å². The Kier molecular flexibility index (Phi) is 7.13. The van der Waals surface area contributed by atoms with Gasteiger partial charge in [-0.25, -0.2) is 13.4 Å². The lowest BCUT2D eigenvalue weighted by Gasteiger charge is -2.42. The van der Waals surface area contributed by atoms with Crippen molar-refractivity contribution in [1.82, 2.24) is 14.5 Å². The average molecular weight is 560 g/mol. The smallest absolute Gasteiger partial charge is 0.263 e. The molecule has 0 unspecified atom stereocenters. The number of fused-ring (bicyclic) bond motifs is 1. The fourth-order valence-electron chi connectivity index (χ4n) is 4.64. The first kappa shape index (κ1) is 25.5. The minimum absolute atomic E-state index is 0.0779. The number of thiazole rings is 1. The predicted octanol–water partition coefficient (Wildman–Crippen LogP) is 3.82. The molecule has 37 heavy (non-hydrogen) atoms. The quantitative estimate of drug-likeness (QED) is 0.356. The fourth-order valence-corrected chi connectivity index (χ4v) is 6.59. The normalized spacial score (nSPS) is 17.2. The van der Waals surface area contributed by atoms with E-state index in [-0.39, 0.29) is 17.4 Å². The molecule has 194 valence electrons. The lowest BCUT2D eigenvalue weighted by Crippen LogP contribution is -2.57. The van der Waals surface area contributed by atoms with Gasteiger partial charge in [0.15, 0.2) is 5.13 Å². The van der Waals surface area contributed by atoms with Gasteiger partial charge in [-0.1, -0.05) is 17.7 Å². The molecule has 2 aromatic heterocycles. The molecule has 1 aliphatic rings. The van der Waals surface area contributed by atoms with Crippen LogP contribution in [0, 0.1) is 0 Å². The third-order valence-corrected chi connectivity index (χ3v) is 9.01. The van der Waals surface area contributed by atoms with Gasteiger partial charge in [-0.2, -0.15) is 0 Å². The molecule has 2 N–H and O–H groups in total. The Morgan fingerprint density at radius 2 is 2.00 bits per heavy atom. The Labute approximate surface area is 224 Å². The van der Waals surface area contributed by atoms with Crippen LogP contribution in [0.15, 0.2) is 71.2 Å². The zero-order valence-corrected chi connectivity index (χ0v) is 22.4. The summed E-state index contributed by atoms with van der Waals surface area (Å²) in [4.78, 5) is 21.4. The summed E-state index contributed by atoms with van der Waals surface area (Å²) in [6.07, 6.45) is 3.41. The van der Waals surface area contributed by atoms with Gasteiger partial charge in [0, 0.05) is 48.1 Å².